The third-order valence-electron chi connectivity index (χ3n) is 2.47. The average Bonchev–Trinajstić information content (AvgIpc) is 2.46. The molecule has 0 aromatic carbocycles. The summed E-state index contributed by atoms with van der Waals surface area (Å²) in [4.78, 5) is 44.7. The molecule has 0 aromatic heterocycles. The van der Waals surface area contributed by atoms with E-state index in [4.69, 9.17) is 9.47 Å². The largest absolute Gasteiger partial charge is 0.467 e. The number of nitrogens with one attached hydrogen (secondary N) is 1. The van der Waals surface area contributed by atoms with E-state index in [0.717, 1.165) is 14.2 Å². The van der Waals surface area contributed by atoms with Gasteiger partial charge in [0.15, 0.2) is 6.10 Å². The highest BCUT2D eigenvalue weighted by molar-refractivity contribution is 5.83. The van der Waals surface area contributed by atoms with E-state index in [2.05, 4.69) is 14.8 Å². The Morgan fingerprint density at radius 3 is 2.08 bits per heavy atom. The molecule has 24 heavy (non-hydrogen) atoms. The first-order valence-corrected chi connectivity index (χ1v) is 6.88. The third-order valence-corrected chi connectivity index (χ3v) is 2.47. The van der Waals surface area contributed by atoms with Gasteiger partial charge in [0.05, 0.1) is 14.2 Å². The fraction of sp³-hybridized carbons (Fsp3) is 0.769. The summed E-state index contributed by atoms with van der Waals surface area (Å²) in [5.74, 6) is -1.81. The lowest BCUT2D eigenvalue weighted by Gasteiger charge is -2.24. The van der Waals surface area contributed by atoms with Crippen LogP contribution in [0.4, 0.5) is 4.79 Å². The van der Waals surface area contributed by atoms with Gasteiger partial charge in [-0.2, -0.15) is 0 Å². The fourth-order valence-electron chi connectivity index (χ4n) is 1.53. The molecule has 2 atom stereocenters. The van der Waals surface area contributed by atoms with Crippen LogP contribution in [0.3, 0.4) is 0 Å². The Balaban J connectivity index is 5.06. The first-order valence-electron chi connectivity index (χ1n) is 6.88. The van der Waals surface area contributed by atoms with Gasteiger partial charge >= 0.3 is 24.8 Å². The number of nitrogens with zero attached hydrogens (tertiary/aromatic N) is 1. The van der Waals surface area contributed by atoms with Crippen molar-refractivity contribution < 1.29 is 38.3 Å². The lowest BCUT2D eigenvalue weighted by Crippen LogP contribution is -2.47. The SMILES string of the molecule is COC(=O)[C@H](C[C@H](OC[N+](=O)[O-])C(=O)OC)NC(=O)OC(C)(C)C. The summed E-state index contributed by atoms with van der Waals surface area (Å²) in [5, 5.41) is 12.6. The summed E-state index contributed by atoms with van der Waals surface area (Å²) in [5.41, 5.74) is -0.811. The van der Waals surface area contributed by atoms with Crippen LogP contribution >= 0.6 is 0 Å². The molecule has 0 radical (unpaired) electrons. The van der Waals surface area contributed by atoms with E-state index in [9.17, 15) is 24.5 Å². The number of hydrogen-bond acceptors (Lipinski definition) is 9. The minimum absolute atomic E-state index is 0.424. The smallest absolute Gasteiger partial charge is 0.408 e. The van der Waals surface area contributed by atoms with Crippen molar-refractivity contribution in [1.82, 2.24) is 5.32 Å². The average molecular weight is 350 g/mol. The van der Waals surface area contributed by atoms with Gasteiger partial charge < -0.3 is 24.3 Å². The van der Waals surface area contributed by atoms with E-state index in [0.29, 0.717) is 0 Å². The number of ether oxygens (including phenoxy) is 4. The first-order chi connectivity index (χ1) is 11.0. The van der Waals surface area contributed by atoms with Crippen molar-refractivity contribution in [2.75, 3.05) is 21.0 Å². The maximum absolute atomic E-state index is 11.8. The molecule has 0 unspecified atom stereocenters. The Labute approximate surface area is 138 Å². The highest BCUT2D eigenvalue weighted by Crippen LogP contribution is 2.10. The number of esters is 2. The van der Waals surface area contributed by atoms with E-state index in [1.54, 1.807) is 20.8 Å². The number of amides is 1. The molecule has 0 aliphatic carbocycles. The van der Waals surface area contributed by atoms with Crippen LogP contribution in [0.2, 0.25) is 0 Å². The maximum Gasteiger partial charge on any atom is 0.408 e. The second-order valence-corrected chi connectivity index (χ2v) is 5.60. The van der Waals surface area contributed by atoms with E-state index in [1.165, 1.54) is 0 Å². The van der Waals surface area contributed by atoms with Crippen LogP contribution in [-0.2, 0) is 28.5 Å². The third kappa shape index (κ3) is 8.88. The van der Waals surface area contributed by atoms with Gasteiger partial charge in [0.25, 0.3) is 0 Å². The summed E-state index contributed by atoms with van der Waals surface area (Å²) in [6.45, 7) is 3.89. The predicted molar refractivity (Wildman–Crippen MR) is 78.5 cm³/mol. The first kappa shape index (κ1) is 21.6. The fourth-order valence-corrected chi connectivity index (χ4v) is 1.53. The molecule has 138 valence electrons. The van der Waals surface area contributed by atoms with Gasteiger partial charge in [0, 0.05) is 11.3 Å². The molecule has 0 spiro atoms. The zero-order valence-corrected chi connectivity index (χ0v) is 14.2. The van der Waals surface area contributed by atoms with Crippen LogP contribution in [0.1, 0.15) is 27.2 Å². The van der Waals surface area contributed by atoms with Crippen molar-refractivity contribution in [2.45, 2.75) is 44.9 Å². The molecule has 0 bridgehead atoms. The molecule has 0 aliphatic heterocycles. The molecule has 0 heterocycles. The molecule has 11 nitrogen and oxygen atoms in total. The zero-order chi connectivity index (χ0) is 18.9. The van der Waals surface area contributed by atoms with Crippen LogP contribution in [0.15, 0.2) is 0 Å². The van der Waals surface area contributed by atoms with Gasteiger partial charge in [-0.3, -0.25) is 10.1 Å². The summed E-state index contributed by atoms with van der Waals surface area (Å²) in [7, 11) is 2.14. The summed E-state index contributed by atoms with van der Waals surface area (Å²) in [6, 6.07) is -1.32. The molecule has 0 aromatic rings. The minimum Gasteiger partial charge on any atom is -0.467 e. The maximum atomic E-state index is 11.8. The monoisotopic (exact) mass is 350 g/mol. The Kier molecular flexibility index (Phi) is 8.67. The van der Waals surface area contributed by atoms with E-state index in [-0.39, 0.29) is 0 Å². The van der Waals surface area contributed by atoms with Crippen molar-refractivity contribution in [1.29, 1.82) is 0 Å². The topological polar surface area (TPSA) is 143 Å². The van der Waals surface area contributed by atoms with Crippen molar-refractivity contribution in [2.24, 2.45) is 0 Å². The molecule has 0 saturated heterocycles. The highest BCUT2D eigenvalue weighted by Gasteiger charge is 2.32. The van der Waals surface area contributed by atoms with E-state index < -0.39 is 53.9 Å². The van der Waals surface area contributed by atoms with Gasteiger partial charge in [-0.1, -0.05) is 0 Å². The van der Waals surface area contributed by atoms with Crippen molar-refractivity contribution >= 4 is 18.0 Å². The van der Waals surface area contributed by atoms with Crippen LogP contribution in [0.5, 0.6) is 0 Å². The number of alkyl carbamates (subject to hydrolysis) is 1. The number of nitro groups is 1. The van der Waals surface area contributed by atoms with Crippen LogP contribution < -0.4 is 5.32 Å². The summed E-state index contributed by atoms with van der Waals surface area (Å²) < 4.78 is 18.8. The second-order valence-electron chi connectivity index (χ2n) is 5.60. The van der Waals surface area contributed by atoms with Gasteiger partial charge in [-0.15, -0.1) is 0 Å². The zero-order valence-electron chi connectivity index (χ0n) is 14.2. The Morgan fingerprint density at radius 1 is 1.12 bits per heavy atom. The van der Waals surface area contributed by atoms with Crippen molar-refractivity contribution in [3.8, 4) is 0 Å². The van der Waals surface area contributed by atoms with Gasteiger partial charge in [-0.05, 0) is 20.8 Å². The molecule has 0 aliphatic rings. The van der Waals surface area contributed by atoms with Crippen molar-refractivity contribution in [3.05, 3.63) is 10.1 Å². The van der Waals surface area contributed by atoms with Crippen LogP contribution in [-0.4, -0.2) is 61.7 Å². The predicted octanol–water partition coefficient (Wildman–Crippen LogP) is 0.235. The molecular formula is C13H22N2O9. The number of hydrogen-bond donors (Lipinski definition) is 1. The number of rotatable bonds is 8. The van der Waals surface area contributed by atoms with Gasteiger partial charge in [0.2, 0.25) is 0 Å². The molecule has 1 N–H and O–H groups in total. The van der Waals surface area contributed by atoms with Crippen molar-refractivity contribution in [3.63, 3.8) is 0 Å². The second kappa shape index (κ2) is 9.65. The highest BCUT2D eigenvalue weighted by atomic mass is 16.7. The number of carbonyl (C=O) groups excluding carboxylic acids is 3. The number of carbonyl (C=O) groups is 3. The van der Waals surface area contributed by atoms with E-state index >= 15 is 0 Å². The summed E-state index contributed by atoms with van der Waals surface area (Å²) in [6.07, 6.45) is -2.79. The Hall–Kier alpha value is -2.43. The molecule has 0 fully saturated rings. The van der Waals surface area contributed by atoms with Gasteiger partial charge in [0.1, 0.15) is 11.6 Å². The standard InChI is InChI=1S/C13H22N2O9/c1-13(2,3)24-12(18)14-8(10(16)21-4)6-9(11(17)22-5)23-7-15(19)20/h8-9H,6-7H2,1-5H3,(H,14,18)/t8-,9-/m0/s1. The molecule has 0 rings (SSSR count). The normalized spacial score (nSPS) is 13.4. The molecule has 0 saturated carbocycles. The Bertz CT molecular complexity index is 473. The van der Waals surface area contributed by atoms with Gasteiger partial charge in [-0.25, -0.2) is 14.4 Å². The summed E-state index contributed by atoms with van der Waals surface area (Å²) >= 11 is 0. The van der Waals surface area contributed by atoms with Crippen LogP contribution in [0.25, 0.3) is 0 Å². The lowest BCUT2D eigenvalue weighted by molar-refractivity contribution is -0.529. The minimum atomic E-state index is -1.44. The van der Waals surface area contributed by atoms with E-state index in [1.807, 2.05) is 0 Å². The molecular weight excluding hydrogens is 328 g/mol. The number of methoxy groups -OCH3 is 2. The quantitative estimate of drug-likeness (QED) is 0.214. The molecule has 1 amide bonds. The van der Waals surface area contributed by atoms with Crippen LogP contribution in [0, 0.1) is 10.1 Å². The lowest BCUT2D eigenvalue weighted by atomic mass is 10.1. The Morgan fingerprint density at radius 2 is 1.67 bits per heavy atom. The molecule has 11 heteroatoms.